The van der Waals surface area contributed by atoms with Crippen molar-refractivity contribution in [3.05, 3.63) is 0 Å². The first-order valence-corrected chi connectivity index (χ1v) is 3.71. The number of ether oxygens (including phenoxy) is 1. The summed E-state index contributed by atoms with van der Waals surface area (Å²) >= 11 is 0. The first-order chi connectivity index (χ1) is 6.06. The lowest BCUT2D eigenvalue weighted by atomic mass is 10.1. The zero-order chi connectivity index (χ0) is 10.0. The van der Waals surface area contributed by atoms with Gasteiger partial charge in [-0.15, -0.1) is 0 Å². The van der Waals surface area contributed by atoms with Crippen molar-refractivity contribution in [2.75, 3.05) is 20.7 Å². The Labute approximate surface area is 74.2 Å². The minimum absolute atomic E-state index is 0.159. The van der Waals surface area contributed by atoms with Crippen LogP contribution < -0.4 is 0 Å². The van der Waals surface area contributed by atoms with Gasteiger partial charge in [0.15, 0.2) is 0 Å². The van der Waals surface area contributed by atoms with Gasteiger partial charge in [0.05, 0.1) is 13.7 Å². The first kappa shape index (κ1) is 9.88. The summed E-state index contributed by atoms with van der Waals surface area (Å²) in [5.74, 6) is -1.58. The predicted octanol–water partition coefficient (Wildman–Crippen LogP) is 0.342. The SMILES string of the molecule is COC(=O)C1CN(C)N=C1C(F)F. The largest absolute Gasteiger partial charge is 0.468 e. The van der Waals surface area contributed by atoms with Crippen molar-refractivity contribution >= 4 is 11.7 Å². The molecular formula is C7H10F2N2O2. The molecule has 0 amide bonds. The Morgan fingerprint density at radius 2 is 2.38 bits per heavy atom. The molecule has 0 saturated carbocycles. The molecule has 13 heavy (non-hydrogen) atoms. The van der Waals surface area contributed by atoms with Gasteiger partial charge in [-0.2, -0.15) is 5.10 Å². The van der Waals surface area contributed by atoms with Crippen LogP contribution in [-0.4, -0.2) is 43.8 Å². The number of hydrazone groups is 1. The van der Waals surface area contributed by atoms with Crippen LogP contribution in [0.2, 0.25) is 0 Å². The number of halogens is 2. The van der Waals surface area contributed by atoms with Gasteiger partial charge >= 0.3 is 5.97 Å². The standard InChI is InChI=1S/C7H10F2N2O2/c1-11-3-4(7(12)13-2)5(10-11)6(8)9/h4,6H,3H2,1-2H3. The van der Waals surface area contributed by atoms with E-state index in [2.05, 4.69) is 9.84 Å². The number of hydrogen-bond donors (Lipinski definition) is 0. The van der Waals surface area contributed by atoms with Crippen LogP contribution in [0.4, 0.5) is 8.78 Å². The molecule has 1 atom stereocenters. The highest BCUT2D eigenvalue weighted by Gasteiger charge is 2.36. The lowest BCUT2D eigenvalue weighted by molar-refractivity contribution is -0.143. The summed E-state index contributed by atoms with van der Waals surface area (Å²) in [7, 11) is 2.70. The Morgan fingerprint density at radius 3 is 2.85 bits per heavy atom. The Morgan fingerprint density at radius 1 is 1.77 bits per heavy atom. The number of methoxy groups -OCH3 is 1. The highest BCUT2D eigenvalue weighted by Crippen LogP contribution is 2.18. The quantitative estimate of drug-likeness (QED) is 0.592. The highest BCUT2D eigenvalue weighted by molar-refractivity contribution is 6.04. The molecule has 0 radical (unpaired) electrons. The second kappa shape index (κ2) is 3.68. The predicted molar refractivity (Wildman–Crippen MR) is 41.6 cm³/mol. The molecule has 1 heterocycles. The Kier molecular flexibility index (Phi) is 2.79. The van der Waals surface area contributed by atoms with Gasteiger partial charge < -0.3 is 4.74 Å². The maximum Gasteiger partial charge on any atom is 0.316 e. The number of carbonyl (C=O) groups is 1. The monoisotopic (exact) mass is 192 g/mol. The van der Waals surface area contributed by atoms with Crippen molar-refractivity contribution in [3.63, 3.8) is 0 Å². The molecule has 0 N–H and O–H groups in total. The van der Waals surface area contributed by atoms with E-state index in [-0.39, 0.29) is 6.54 Å². The van der Waals surface area contributed by atoms with E-state index in [4.69, 9.17) is 0 Å². The van der Waals surface area contributed by atoms with E-state index in [9.17, 15) is 13.6 Å². The van der Waals surface area contributed by atoms with Crippen LogP contribution in [0, 0.1) is 5.92 Å². The lowest BCUT2D eigenvalue weighted by Gasteiger charge is -2.09. The zero-order valence-electron chi connectivity index (χ0n) is 7.33. The van der Waals surface area contributed by atoms with Gasteiger partial charge in [0, 0.05) is 7.05 Å². The first-order valence-electron chi connectivity index (χ1n) is 3.71. The second-order valence-electron chi connectivity index (χ2n) is 2.74. The van der Waals surface area contributed by atoms with Crippen LogP contribution in [-0.2, 0) is 9.53 Å². The van der Waals surface area contributed by atoms with Gasteiger partial charge in [-0.05, 0) is 0 Å². The van der Waals surface area contributed by atoms with Gasteiger partial charge in [-0.25, -0.2) is 8.78 Å². The van der Waals surface area contributed by atoms with E-state index in [1.807, 2.05) is 0 Å². The van der Waals surface area contributed by atoms with Gasteiger partial charge in [0.1, 0.15) is 11.6 Å². The van der Waals surface area contributed by atoms with Crippen molar-refractivity contribution in [1.29, 1.82) is 0 Å². The molecule has 0 aromatic heterocycles. The number of rotatable bonds is 2. The molecule has 1 rings (SSSR count). The van der Waals surface area contributed by atoms with Crippen molar-refractivity contribution in [3.8, 4) is 0 Å². The molecule has 74 valence electrons. The molecule has 0 saturated heterocycles. The Bertz CT molecular complexity index is 243. The third-order valence-corrected chi connectivity index (χ3v) is 1.80. The topological polar surface area (TPSA) is 41.9 Å². The van der Waals surface area contributed by atoms with E-state index in [1.54, 1.807) is 0 Å². The number of nitrogens with zero attached hydrogens (tertiary/aromatic N) is 2. The summed E-state index contributed by atoms with van der Waals surface area (Å²) in [5.41, 5.74) is -0.408. The molecule has 0 spiro atoms. The summed E-state index contributed by atoms with van der Waals surface area (Å²) in [4.78, 5) is 11.0. The van der Waals surface area contributed by atoms with Crippen molar-refractivity contribution in [1.82, 2.24) is 5.01 Å². The van der Waals surface area contributed by atoms with Gasteiger partial charge in [0.2, 0.25) is 0 Å². The van der Waals surface area contributed by atoms with Crippen LogP contribution in [0.25, 0.3) is 0 Å². The minimum Gasteiger partial charge on any atom is -0.468 e. The van der Waals surface area contributed by atoms with E-state index >= 15 is 0 Å². The fraction of sp³-hybridized carbons (Fsp3) is 0.714. The molecule has 0 aromatic carbocycles. The molecule has 0 aliphatic carbocycles. The van der Waals surface area contributed by atoms with Gasteiger partial charge in [0.25, 0.3) is 6.43 Å². The molecule has 0 aromatic rings. The van der Waals surface area contributed by atoms with Crippen LogP contribution in [0.1, 0.15) is 0 Å². The Balaban J connectivity index is 2.77. The molecule has 0 bridgehead atoms. The summed E-state index contributed by atoms with van der Waals surface area (Å²) in [5, 5.41) is 4.85. The summed E-state index contributed by atoms with van der Waals surface area (Å²) in [6.07, 6.45) is -2.70. The average Bonchev–Trinajstić information content (AvgIpc) is 2.46. The second-order valence-corrected chi connectivity index (χ2v) is 2.74. The fourth-order valence-electron chi connectivity index (χ4n) is 1.20. The summed E-state index contributed by atoms with van der Waals surface area (Å²) in [6.45, 7) is 0.159. The molecule has 0 fully saturated rings. The third kappa shape index (κ3) is 1.93. The van der Waals surface area contributed by atoms with Crippen LogP contribution in [0.3, 0.4) is 0 Å². The van der Waals surface area contributed by atoms with E-state index in [1.165, 1.54) is 19.2 Å². The molecular weight excluding hydrogens is 182 g/mol. The number of alkyl halides is 2. The Hall–Kier alpha value is -1.20. The smallest absolute Gasteiger partial charge is 0.316 e. The van der Waals surface area contributed by atoms with Crippen LogP contribution >= 0.6 is 0 Å². The maximum absolute atomic E-state index is 12.3. The van der Waals surface area contributed by atoms with Crippen molar-refractivity contribution in [2.45, 2.75) is 6.43 Å². The fourth-order valence-corrected chi connectivity index (χ4v) is 1.20. The normalized spacial score (nSPS) is 22.1. The van der Waals surface area contributed by atoms with Crippen molar-refractivity contribution < 1.29 is 18.3 Å². The van der Waals surface area contributed by atoms with Gasteiger partial charge in [-0.1, -0.05) is 0 Å². The maximum atomic E-state index is 12.3. The number of carbonyl (C=O) groups excluding carboxylic acids is 1. The minimum atomic E-state index is -2.70. The molecule has 1 aliphatic heterocycles. The zero-order valence-corrected chi connectivity index (χ0v) is 7.33. The van der Waals surface area contributed by atoms with E-state index in [0.29, 0.717) is 0 Å². The van der Waals surface area contributed by atoms with E-state index in [0.717, 1.165) is 0 Å². The number of hydrogen-bond acceptors (Lipinski definition) is 4. The van der Waals surface area contributed by atoms with Crippen LogP contribution in [0.15, 0.2) is 5.10 Å². The summed E-state index contributed by atoms with van der Waals surface area (Å²) < 4.78 is 29.0. The lowest BCUT2D eigenvalue weighted by Crippen LogP contribution is -2.30. The van der Waals surface area contributed by atoms with Gasteiger partial charge in [-0.3, -0.25) is 9.80 Å². The number of esters is 1. The molecule has 1 unspecified atom stereocenters. The van der Waals surface area contributed by atoms with E-state index < -0.39 is 24.0 Å². The summed E-state index contributed by atoms with van der Waals surface area (Å²) in [6, 6.07) is 0. The third-order valence-electron chi connectivity index (χ3n) is 1.80. The molecule has 4 nitrogen and oxygen atoms in total. The molecule has 1 aliphatic rings. The molecule has 6 heteroatoms. The van der Waals surface area contributed by atoms with Crippen LogP contribution in [0.5, 0.6) is 0 Å². The van der Waals surface area contributed by atoms with Crippen molar-refractivity contribution in [2.24, 2.45) is 11.0 Å². The highest BCUT2D eigenvalue weighted by atomic mass is 19.3. The average molecular weight is 192 g/mol.